The van der Waals surface area contributed by atoms with E-state index in [1.165, 1.54) is 0 Å². The van der Waals surface area contributed by atoms with Gasteiger partial charge < -0.3 is 5.32 Å². The molecule has 0 bridgehead atoms. The van der Waals surface area contributed by atoms with Gasteiger partial charge in [0.1, 0.15) is 0 Å². The molecule has 70 valence electrons. The van der Waals surface area contributed by atoms with Gasteiger partial charge in [-0.3, -0.25) is 0 Å². The van der Waals surface area contributed by atoms with Crippen LogP contribution in [0.5, 0.6) is 0 Å². The number of rotatable bonds is 1. The zero-order chi connectivity index (χ0) is 9.80. The molecule has 1 N–H and O–H groups in total. The van der Waals surface area contributed by atoms with Crippen molar-refractivity contribution in [2.45, 2.75) is 18.9 Å². The average Bonchev–Trinajstić information content (AvgIpc) is 2.30. The highest BCUT2D eigenvalue weighted by molar-refractivity contribution is 5.39. The van der Waals surface area contributed by atoms with E-state index in [0.29, 0.717) is 6.04 Å². The standard InChI is InChI=1S/C12H12N2/c13-9-10-5-1-2-6-11(10)12-7-3-4-8-14-12/h1-2,4-6,8,12,14H,3,7H2. The maximum atomic E-state index is 8.95. The number of nitrogens with one attached hydrogen (secondary N) is 1. The van der Waals surface area contributed by atoms with Gasteiger partial charge in [0.25, 0.3) is 0 Å². The van der Waals surface area contributed by atoms with Crippen molar-refractivity contribution >= 4 is 0 Å². The molecule has 0 aliphatic carbocycles. The third kappa shape index (κ3) is 1.62. The van der Waals surface area contributed by atoms with Gasteiger partial charge >= 0.3 is 0 Å². The predicted octanol–water partition coefficient (Wildman–Crippen LogP) is 2.50. The number of nitrogens with zero attached hydrogens (tertiary/aromatic N) is 1. The quantitative estimate of drug-likeness (QED) is 0.727. The molecule has 0 saturated carbocycles. The molecule has 0 saturated heterocycles. The molecular weight excluding hydrogens is 172 g/mol. The third-order valence-electron chi connectivity index (χ3n) is 2.49. The van der Waals surface area contributed by atoms with Crippen LogP contribution in [-0.2, 0) is 0 Å². The highest BCUT2D eigenvalue weighted by Gasteiger charge is 2.14. The summed E-state index contributed by atoms with van der Waals surface area (Å²) in [5.41, 5.74) is 1.89. The van der Waals surface area contributed by atoms with Crippen molar-refractivity contribution in [3.63, 3.8) is 0 Å². The second-order valence-electron chi connectivity index (χ2n) is 3.40. The van der Waals surface area contributed by atoms with Gasteiger partial charge in [-0.15, -0.1) is 0 Å². The second kappa shape index (κ2) is 3.97. The molecule has 1 aromatic carbocycles. The van der Waals surface area contributed by atoms with Gasteiger partial charge in [-0.05, 0) is 30.7 Å². The lowest BCUT2D eigenvalue weighted by Gasteiger charge is -2.21. The van der Waals surface area contributed by atoms with Crippen LogP contribution in [0, 0.1) is 11.3 Å². The van der Waals surface area contributed by atoms with Gasteiger partial charge in [0, 0.05) is 0 Å². The Balaban J connectivity index is 2.31. The fourth-order valence-electron chi connectivity index (χ4n) is 1.76. The van der Waals surface area contributed by atoms with Gasteiger partial charge in [0.15, 0.2) is 0 Å². The van der Waals surface area contributed by atoms with E-state index >= 15 is 0 Å². The van der Waals surface area contributed by atoms with Gasteiger partial charge in [-0.2, -0.15) is 5.26 Å². The summed E-state index contributed by atoms with van der Waals surface area (Å²) in [5, 5.41) is 12.2. The smallest absolute Gasteiger partial charge is 0.0995 e. The Morgan fingerprint density at radius 2 is 2.21 bits per heavy atom. The first-order valence-corrected chi connectivity index (χ1v) is 4.82. The van der Waals surface area contributed by atoms with Crippen molar-refractivity contribution in [2.24, 2.45) is 0 Å². The van der Waals surface area contributed by atoms with E-state index < -0.39 is 0 Å². The highest BCUT2D eigenvalue weighted by Crippen LogP contribution is 2.24. The summed E-state index contributed by atoms with van der Waals surface area (Å²) in [6.45, 7) is 0. The lowest BCUT2D eigenvalue weighted by molar-refractivity contribution is 0.552. The molecule has 2 rings (SSSR count). The average molecular weight is 184 g/mol. The van der Waals surface area contributed by atoms with Crippen molar-refractivity contribution in [3.8, 4) is 6.07 Å². The summed E-state index contributed by atoms with van der Waals surface area (Å²) >= 11 is 0. The van der Waals surface area contributed by atoms with Crippen LogP contribution in [0.25, 0.3) is 0 Å². The molecule has 1 aliphatic rings. The lowest BCUT2D eigenvalue weighted by atomic mass is 9.96. The molecule has 14 heavy (non-hydrogen) atoms. The van der Waals surface area contributed by atoms with E-state index in [4.69, 9.17) is 5.26 Å². The van der Waals surface area contributed by atoms with E-state index in [-0.39, 0.29) is 0 Å². The van der Waals surface area contributed by atoms with Crippen molar-refractivity contribution in [1.29, 1.82) is 5.26 Å². The number of nitriles is 1. The number of benzene rings is 1. The topological polar surface area (TPSA) is 35.8 Å². The fraction of sp³-hybridized carbons (Fsp3) is 0.250. The van der Waals surface area contributed by atoms with Crippen LogP contribution in [0.1, 0.15) is 30.0 Å². The summed E-state index contributed by atoms with van der Waals surface area (Å²) in [6.07, 6.45) is 6.24. The molecule has 1 atom stereocenters. The molecule has 0 radical (unpaired) electrons. The zero-order valence-corrected chi connectivity index (χ0v) is 7.90. The number of hydrogen-bond donors (Lipinski definition) is 1. The van der Waals surface area contributed by atoms with E-state index in [1.807, 2.05) is 30.5 Å². The summed E-state index contributed by atoms with van der Waals surface area (Å²) < 4.78 is 0. The SMILES string of the molecule is N#Cc1ccccc1C1CCC=CN1. The molecule has 1 heterocycles. The molecule has 0 spiro atoms. The Kier molecular flexibility index (Phi) is 2.51. The van der Waals surface area contributed by atoms with E-state index in [1.54, 1.807) is 0 Å². The van der Waals surface area contributed by atoms with Crippen LogP contribution in [-0.4, -0.2) is 0 Å². The van der Waals surface area contributed by atoms with Crippen LogP contribution < -0.4 is 5.32 Å². The largest absolute Gasteiger partial charge is 0.384 e. The highest BCUT2D eigenvalue weighted by atomic mass is 14.9. The minimum Gasteiger partial charge on any atom is -0.384 e. The third-order valence-corrected chi connectivity index (χ3v) is 2.49. The van der Waals surface area contributed by atoms with Crippen LogP contribution in [0.15, 0.2) is 36.5 Å². The van der Waals surface area contributed by atoms with Gasteiger partial charge in [-0.1, -0.05) is 24.3 Å². The second-order valence-corrected chi connectivity index (χ2v) is 3.40. The molecule has 1 aromatic rings. The Bertz CT molecular complexity index is 388. The van der Waals surface area contributed by atoms with Crippen LogP contribution >= 0.6 is 0 Å². The fourth-order valence-corrected chi connectivity index (χ4v) is 1.76. The summed E-state index contributed by atoms with van der Waals surface area (Å²) in [7, 11) is 0. The monoisotopic (exact) mass is 184 g/mol. The van der Waals surface area contributed by atoms with E-state index in [2.05, 4.69) is 17.5 Å². The van der Waals surface area contributed by atoms with Crippen molar-refractivity contribution in [1.82, 2.24) is 5.32 Å². The van der Waals surface area contributed by atoms with Gasteiger partial charge in [0.2, 0.25) is 0 Å². The maximum absolute atomic E-state index is 8.95. The molecule has 0 fully saturated rings. The predicted molar refractivity (Wildman–Crippen MR) is 55.4 cm³/mol. The van der Waals surface area contributed by atoms with Gasteiger partial charge in [0.05, 0.1) is 17.7 Å². The van der Waals surface area contributed by atoms with Crippen LogP contribution in [0.2, 0.25) is 0 Å². The first-order valence-electron chi connectivity index (χ1n) is 4.82. The van der Waals surface area contributed by atoms with Crippen LogP contribution in [0.3, 0.4) is 0 Å². The summed E-state index contributed by atoms with van der Waals surface area (Å²) in [4.78, 5) is 0. The Morgan fingerprint density at radius 1 is 1.36 bits per heavy atom. The Hall–Kier alpha value is -1.75. The molecule has 1 aliphatic heterocycles. The Morgan fingerprint density at radius 3 is 2.93 bits per heavy atom. The molecule has 2 heteroatoms. The number of hydrogen-bond acceptors (Lipinski definition) is 2. The van der Waals surface area contributed by atoms with Crippen molar-refractivity contribution in [3.05, 3.63) is 47.7 Å². The number of allylic oxidation sites excluding steroid dienone is 1. The molecule has 1 unspecified atom stereocenters. The van der Waals surface area contributed by atoms with Crippen LogP contribution in [0.4, 0.5) is 0 Å². The minimum atomic E-state index is 0.302. The summed E-state index contributed by atoms with van der Waals surface area (Å²) in [6, 6.07) is 10.3. The lowest BCUT2D eigenvalue weighted by Crippen LogP contribution is -2.19. The maximum Gasteiger partial charge on any atom is 0.0995 e. The van der Waals surface area contributed by atoms with Gasteiger partial charge in [-0.25, -0.2) is 0 Å². The molecular formula is C12H12N2. The normalized spacial score (nSPS) is 19.8. The Labute approximate surface area is 83.9 Å². The van der Waals surface area contributed by atoms with Crippen molar-refractivity contribution < 1.29 is 0 Å². The molecule has 2 nitrogen and oxygen atoms in total. The summed E-state index contributed by atoms with van der Waals surface area (Å²) in [5.74, 6) is 0. The molecule has 0 aromatic heterocycles. The first-order chi connectivity index (χ1) is 6.92. The molecule has 0 amide bonds. The van der Waals surface area contributed by atoms with Crippen molar-refractivity contribution in [2.75, 3.05) is 0 Å². The van der Waals surface area contributed by atoms with E-state index in [9.17, 15) is 0 Å². The first kappa shape index (κ1) is 8.83. The minimum absolute atomic E-state index is 0.302. The zero-order valence-electron chi connectivity index (χ0n) is 7.90. The van der Waals surface area contributed by atoms with E-state index in [0.717, 1.165) is 24.0 Å².